The molecular formula is C34H18N2O. The van der Waals surface area contributed by atoms with Crippen LogP contribution in [0.2, 0.25) is 0 Å². The molecule has 0 saturated heterocycles. The van der Waals surface area contributed by atoms with Crippen molar-refractivity contribution in [2.45, 2.75) is 0 Å². The Bertz CT molecular complexity index is 2570. The summed E-state index contributed by atoms with van der Waals surface area (Å²) in [5.74, 6) is 0. The first kappa shape index (κ1) is 18.3. The number of nitrogens with one attached hydrogen (secondary N) is 1. The summed E-state index contributed by atoms with van der Waals surface area (Å²) in [6.45, 7) is 0. The maximum atomic E-state index is 6.55. The second-order valence-corrected chi connectivity index (χ2v) is 10.2. The van der Waals surface area contributed by atoms with Crippen LogP contribution in [-0.2, 0) is 0 Å². The van der Waals surface area contributed by atoms with Gasteiger partial charge in [-0.1, -0.05) is 78.9 Å². The van der Waals surface area contributed by atoms with Gasteiger partial charge in [0.15, 0.2) is 5.58 Å². The monoisotopic (exact) mass is 470 g/mol. The zero-order valence-electron chi connectivity index (χ0n) is 19.7. The van der Waals surface area contributed by atoms with Crippen LogP contribution in [0.4, 0.5) is 0 Å². The van der Waals surface area contributed by atoms with E-state index in [9.17, 15) is 0 Å². The Kier molecular flexibility index (Phi) is 2.98. The molecule has 0 atom stereocenters. The predicted molar refractivity (Wildman–Crippen MR) is 155 cm³/mol. The van der Waals surface area contributed by atoms with Gasteiger partial charge in [0.25, 0.3) is 0 Å². The highest BCUT2D eigenvalue weighted by Crippen LogP contribution is 2.47. The second-order valence-electron chi connectivity index (χ2n) is 10.2. The third kappa shape index (κ3) is 2.00. The van der Waals surface area contributed by atoms with Crippen molar-refractivity contribution in [1.82, 2.24) is 9.38 Å². The summed E-state index contributed by atoms with van der Waals surface area (Å²) in [6, 6.07) is 37.3. The lowest BCUT2D eigenvalue weighted by atomic mass is 9.98. The predicted octanol–water partition coefficient (Wildman–Crippen LogP) is 9.52. The molecule has 0 saturated carbocycles. The number of hydrogen-bond donors (Lipinski definition) is 1. The molecule has 0 radical (unpaired) electrons. The number of H-pyrrole nitrogens is 1. The first-order valence-electron chi connectivity index (χ1n) is 12.7. The van der Waals surface area contributed by atoms with E-state index in [1.54, 1.807) is 0 Å². The van der Waals surface area contributed by atoms with Gasteiger partial charge in [0.2, 0.25) is 0 Å². The number of hydrogen-bond acceptors (Lipinski definition) is 1. The number of fused-ring (bicyclic) bond motifs is 11. The van der Waals surface area contributed by atoms with Crippen molar-refractivity contribution >= 4 is 92.6 Å². The first-order chi connectivity index (χ1) is 18.4. The molecule has 10 aromatic rings. The molecule has 0 spiro atoms. The second kappa shape index (κ2) is 6.03. The number of para-hydroxylation sites is 3. The molecule has 0 unspecified atom stereocenters. The summed E-state index contributed by atoms with van der Waals surface area (Å²) >= 11 is 0. The Morgan fingerprint density at radius 1 is 0.514 bits per heavy atom. The molecule has 10 rings (SSSR count). The highest BCUT2D eigenvalue weighted by atomic mass is 16.3. The third-order valence-corrected chi connectivity index (χ3v) is 8.42. The fraction of sp³-hybridized carbons (Fsp3) is 0. The average molecular weight is 471 g/mol. The Morgan fingerprint density at radius 2 is 1.24 bits per heavy atom. The normalized spacial score (nSPS) is 12.9. The summed E-state index contributed by atoms with van der Waals surface area (Å²) in [5, 5.41) is 12.3. The quantitative estimate of drug-likeness (QED) is 0.235. The number of benzene rings is 6. The van der Waals surface area contributed by atoms with E-state index >= 15 is 0 Å². The van der Waals surface area contributed by atoms with Gasteiger partial charge in [0.05, 0.1) is 27.6 Å². The standard InChI is InChI=1S/C34H18N2O/c1-2-9-19-18(8-1)16-24-23-13-7-12-22-20-10-3-5-14-26(20)36(33(22)23)27-17-25-21-11-4-6-15-28(21)37-34(25)32-30(27)29(24)31(19)35-32/h1-17,35H. The Morgan fingerprint density at radius 3 is 2.16 bits per heavy atom. The van der Waals surface area contributed by atoms with Gasteiger partial charge in [-0.15, -0.1) is 0 Å². The van der Waals surface area contributed by atoms with Gasteiger partial charge < -0.3 is 13.8 Å². The van der Waals surface area contributed by atoms with Crippen LogP contribution < -0.4 is 0 Å². The fourth-order valence-electron chi connectivity index (χ4n) is 6.95. The Hall–Kier alpha value is -5.02. The molecule has 0 fully saturated rings. The minimum Gasteiger partial charge on any atom is -0.454 e. The van der Waals surface area contributed by atoms with Gasteiger partial charge in [0, 0.05) is 43.1 Å². The molecule has 0 amide bonds. The van der Waals surface area contributed by atoms with Crippen LogP contribution in [0.5, 0.6) is 0 Å². The van der Waals surface area contributed by atoms with Crippen LogP contribution in [0.3, 0.4) is 0 Å². The third-order valence-electron chi connectivity index (χ3n) is 8.42. The van der Waals surface area contributed by atoms with Crippen molar-refractivity contribution in [2.24, 2.45) is 0 Å². The minimum atomic E-state index is 0.916. The van der Waals surface area contributed by atoms with Crippen LogP contribution in [0.15, 0.2) is 108 Å². The molecule has 0 aliphatic carbocycles. The van der Waals surface area contributed by atoms with E-state index in [2.05, 4.69) is 106 Å². The van der Waals surface area contributed by atoms with E-state index in [-0.39, 0.29) is 0 Å². The van der Waals surface area contributed by atoms with E-state index in [4.69, 9.17) is 4.42 Å². The first-order valence-corrected chi connectivity index (χ1v) is 12.7. The molecule has 3 nitrogen and oxygen atoms in total. The van der Waals surface area contributed by atoms with Crippen molar-refractivity contribution in [3.63, 3.8) is 0 Å². The molecule has 0 aliphatic heterocycles. The minimum absolute atomic E-state index is 0.916. The van der Waals surface area contributed by atoms with Crippen LogP contribution >= 0.6 is 0 Å². The summed E-state index contributed by atoms with van der Waals surface area (Å²) in [4.78, 5) is 3.87. The fourth-order valence-corrected chi connectivity index (χ4v) is 6.95. The number of aromatic amines is 1. The number of aromatic nitrogens is 2. The summed E-state index contributed by atoms with van der Waals surface area (Å²) in [5.41, 5.74) is 7.77. The van der Waals surface area contributed by atoms with Crippen molar-refractivity contribution in [1.29, 1.82) is 0 Å². The molecular weight excluding hydrogens is 452 g/mol. The van der Waals surface area contributed by atoms with Crippen LogP contribution in [0.25, 0.3) is 92.6 Å². The molecule has 4 aromatic heterocycles. The molecule has 1 N–H and O–H groups in total. The zero-order chi connectivity index (χ0) is 23.8. The lowest BCUT2D eigenvalue weighted by Crippen LogP contribution is -1.85. The summed E-state index contributed by atoms with van der Waals surface area (Å²) in [6.07, 6.45) is 0. The van der Waals surface area contributed by atoms with Crippen molar-refractivity contribution in [2.75, 3.05) is 0 Å². The van der Waals surface area contributed by atoms with Gasteiger partial charge in [-0.3, -0.25) is 0 Å². The van der Waals surface area contributed by atoms with E-state index in [1.807, 2.05) is 6.07 Å². The van der Waals surface area contributed by atoms with Crippen molar-refractivity contribution in [3.8, 4) is 0 Å². The average Bonchev–Trinajstić information content (AvgIpc) is 3.60. The lowest BCUT2D eigenvalue weighted by Gasteiger charge is -2.04. The van der Waals surface area contributed by atoms with Gasteiger partial charge in [-0.25, -0.2) is 0 Å². The van der Waals surface area contributed by atoms with E-state index in [1.165, 1.54) is 65.2 Å². The molecule has 37 heavy (non-hydrogen) atoms. The molecule has 170 valence electrons. The van der Waals surface area contributed by atoms with Crippen LogP contribution in [-0.4, -0.2) is 9.38 Å². The maximum absolute atomic E-state index is 6.55. The largest absolute Gasteiger partial charge is 0.454 e. The maximum Gasteiger partial charge on any atom is 0.159 e. The number of nitrogens with zero attached hydrogens (tertiary/aromatic N) is 1. The Labute approximate surface area is 209 Å². The molecule has 6 aromatic carbocycles. The van der Waals surface area contributed by atoms with Crippen molar-refractivity contribution in [3.05, 3.63) is 103 Å². The van der Waals surface area contributed by atoms with Crippen LogP contribution in [0, 0.1) is 0 Å². The van der Waals surface area contributed by atoms with Gasteiger partial charge in [0.1, 0.15) is 5.58 Å². The number of furan rings is 1. The molecule has 0 aliphatic rings. The van der Waals surface area contributed by atoms with E-state index < -0.39 is 0 Å². The lowest BCUT2D eigenvalue weighted by molar-refractivity contribution is 0.672. The van der Waals surface area contributed by atoms with Gasteiger partial charge in [-0.05, 0) is 35.0 Å². The van der Waals surface area contributed by atoms with Crippen molar-refractivity contribution < 1.29 is 4.42 Å². The molecule has 0 bridgehead atoms. The summed E-state index contributed by atoms with van der Waals surface area (Å²) in [7, 11) is 0. The van der Waals surface area contributed by atoms with Crippen LogP contribution in [0.1, 0.15) is 0 Å². The highest BCUT2D eigenvalue weighted by molar-refractivity contribution is 6.37. The Balaban J connectivity index is 1.69. The molecule has 4 heterocycles. The molecule has 3 heteroatoms. The highest BCUT2D eigenvalue weighted by Gasteiger charge is 2.23. The number of rotatable bonds is 0. The van der Waals surface area contributed by atoms with Gasteiger partial charge in [-0.2, -0.15) is 0 Å². The zero-order valence-corrected chi connectivity index (χ0v) is 19.7. The van der Waals surface area contributed by atoms with E-state index in [0.29, 0.717) is 0 Å². The summed E-state index contributed by atoms with van der Waals surface area (Å²) < 4.78 is 9.03. The topological polar surface area (TPSA) is 33.3 Å². The SMILES string of the molecule is c1ccc2c(c1)cc1c3cccc4c5ccccc5n(c5cc6c7ccccc7oc6c6[nH]c2c1c65)c34. The van der Waals surface area contributed by atoms with Gasteiger partial charge >= 0.3 is 0 Å². The smallest absolute Gasteiger partial charge is 0.159 e. The van der Waals surface area contributed by atoms with E-state index in [0.717, 1.165) is 27.5 Å².